The van der Waals surface area contributed by atoms with Crippen LogP contribution >= 0.6 is 34.8 Å². The van der Waals surface area contributed by atoms with Crippen molar-refractivity contribution in [1.29, 1.82) is 0 Å². The highest BCUT2D eigenvalue weighted by molar-refractivity contribution is 6.49. The van der Waals surface area contributed by atoms with Crippen LogP contribution in [0.1, 0.15) is 16.1 Å². The molecule has 0 aliphatic heterocycles. The van der Waals surface area contributed by atoms with E-state index in [4.69, 9.17) is 34.8 Å². The zero-order chi connectivity index (χ0) is 19.8. The second-order valence-corrected chi connectivity index (χ2v) is 6.27. The highest BCUT2D eigenvalue weighted by Gasteiger charge is 2.31. The van der Waals surface area contributed by atoms with Crippen LogP contribution in [0.25, 0.3) is 5.69 Å². The first-order valence-electron chi connectivity index (χ1n) is 7.05. The van der Waals surface area contributed by atoms with Crippen molar-refractivity contribution in [2.45, 2.75) is 6.18 Å². The van der Waals surface area contributed by atoms with Gasteiger partial charge in [-0.2, -0.15) is 18.3 Å². The third-order valence-corrected chi connectivity index (χ3v) is 4.61. The zero-order valence-electron chi connectivity index (χ0n) is 12.9. The Balaban J connectivity index is 2.04. The lowest BCUT2D eigenvalue weighted by Gasteiger charge is -2.14. The summed E-state index contributed by atoms with van der Waals surface area (Å²) >= 11 is 17.6. The molecule has 1 N–H and O–H groups in total. The molecule has 1 amide bonds. The lowest BCUT2D eigenvalue weighted by atomic mass is 10.1. The molecule has 12 heteroatoms. The van der Waals surface area contributed by atoms with E-state index < -0.39 is 17.6 Å². The summed E-state index contributed by atoms with van der Waals surface area (Å²) in [5, 5.41) is 5.90. The fourth-order valence-electron chi connectivity index (χ4n) is 2.13. The Morgan fingerprint density at radius 2 is 1.89 bits per heavy atom. The Kier molecular flexibility index (Phi) is 5.27. The molecule has 3 rings (SSSR count). The molecule has 0 saturated heterocycles. The average molecular weight is 437 g/mol. The van der Waals surface area contributed by atoms with Crippen LogP contribution in [0.15, 0.2) is 37.1 Å². The minimum absolute atomic E-state index is 0.0283. The third kappa shape index (κ3) is 4.00. The second kappa shape index (κ2) is 7.34. The van der Waals surface area contributed by atoms with Gasteiger partial charge in [0.25, 0.3) is 5.91 Å². The topological polar surface area (TPSA) is 72.7 Å². The van der Waals surface area contributed by atoms with Gasteiger partial charge in [-0.15, -0.1) is 0 Å². The molecule has 0 unspecified atom stereocenters. The van der Waals surface area contributed by atoms with Crippen molar-refractivity contribution in [2.75, 3.05) is 5.32 Å². The van der Waals surface area contributed by atoms with E-state index in [0.717, 1.165) is 24.4 Å². The van der Waals surface area contributed by atoms with Gasteiger partial charge < -0.3 is 5.32 Å². The highest BCUT2D eigenvalue weighted by Crippen LogP contribution is 2.34. The number of aromatic nitrogens is 4. The molecule has 140 valence electrons. The van der Waals surface area contributed by atoms with E-state index in [2.05, 4.69) is 20.4 Å². The van der Waals surface area contributed by atoms with Crippen LogP contribution < -0.4 is 5.32 Å². The molecule has 0 fully saturated rings. The average Bonchev–Trinajstić information content (AvgIpc) is 3.13. The zero-order valence-corrected chi connectivity index (χ0v) is 15.2. The van der Waals surface area contributed by atoms with E-state index >= 15 is 0 Å². The van der Waals surface area contributed by atoms with Gasteiger partial charge in [0.15, 0.2) is 0 Å². The Morgan fingerprint density at radius 1 is 1.15 bits per heavy atom. The maximum Gasteiger partial charge on any atom is 0.416 e. The van der Waals surface area contributed by atoms with Gasteiger partial charge in [0.2, 0.25) is 0 Å². The summed E-state index contributed by atoms with van der Waals surface area (Å²) in [4.78, 5) is 20.0. The molecule has 1 aromatic carbocycles. The summed E-state index contributed by atoms with van der Waals surface area (Å²) in [6.07, 6.45) is -1.04. The lowest BCUT2D eigenvalue weighted by molar-refractivity contribution is -0.137. The second-order valence-electron chi connectivity index (χ2n) is 5.11. The van der Waals surface area contributed by atoms with Gasteiger partial charge in [-0.3, -0.25) is 4.79 Å². The fraction of sp³-hybridized carbons (Fsp3) is 0.0667. The highest BCUT2D eigenvalue weighted by atomic mass is 35.5. The standard InChI is InChI=1S/C15H7Cl3F3N5O/c16-8-4-23-13(12(18)11(8)17)14(27)25-9-3-7(15(19,20)21)1-2-10(9)26-6-22-5-24-26/h1-6H,(H,25,27). The maximum atomic E-state index is 13.1. The molecule has 0 aliphatic rings. The number of halogens is 6. The Bertz CT molecular complexity index is 1010. The van der Waals surface area contributed by atoms with Crippen LogP contribution in [0, 0.1) is 0 Å². The predicted octanol–water partition coefficient (Wildman–Crippen LogP) is 4.89. The van der Waals surface area contributed by atoms with E-state index in [-0.39, 0.29) is 32.1 Å². The fourth-order valence-corrected chi connectivity index (χ4v) is 2.69. The Hall–Kier alpha value is -2.36. The summed E-state index contributed by atoms with van der Waals surface area (Å²) in [7, 11) is 0. The van der Waals surface area contributed by atoms with Gasteiger partial charge in [-0.25, -0.2) is 14.6 Å². The van der Waals surface area contributed by atoms with Crippen molar-refractivity contribution >= 4 is 46.4 Å². The molecule has 27 heavy (non-hydrogen) atoms. The number of rotatable bonds is 3. The number of benzene rings is 1. The lowest BCUT2D eigenvalue weighted by Crippen LogP contribution is -2.17. The Labute approximate surface area is 164 Å². The number of hydrogen-bond acceptors (Lipinski definition) is 4. The number of hydrogen-bond donors (Lipinski definition) is 1. The number of nitrogens with zero attached hydrogens (tertiary/aromatic N) is 4. The Morgan fingerprint density at radius 3 is 2.52 bits per heavy atom. The van der Waals surface area contributed by atoms with Crippen LogP contribution in [-0.4, -0.2) is 25.7 Å². The van der Waals surface area contributed by atoms with Crippen LogP contribution in [0.5, 0.6) is 0 Å². The number of pyridine rings is 1. The van der Waals surface area contributed by atoms with Crippen molar-refractivity contribution in [3.05, 3.63) is 63.4 Å². The van der Waals surface area contributed by atoms with Crippen molar-refractivity contribution in [3.63, 3.8) is 0 Å². The largest absolute Gasteiger partial charge is 0.416 e. The maximum absolute atomic E-state index is 13.1. The number of nitrogens with one attached hydrogen (secondary N) is 1. The molecule has 3 aromatic rings. The normalized spacial score (nSPS) is 11.5. The monoisotopic (exact) mass is 435 g/mol. The van der Waals surface area contributed by atoms with Crippen molar-refractivity contribution in [3.8, 4) is 5.69 Å². The molecule has 0 radical (unpaired) electrons. The number of alkyl halides is 3. The molecule has 2 aromatic heterocycles. The SMILES string of the molecule is O=C(Nc1cc(C(F)(F)F)ccc1-n1cncn1)c1ncc(Cl)c(Cl)c1Cl. The molecule has 0 atom stereocenters. The predicted molar refractivity (Wildman–Crippen MR) is 93.6 cm³/mol. The number of amides is 1. The third-order valence-electron chi connectivity index (χ3n) is 3.37. The summed E-state index contributed by atoms with van der Waals surface area (Å²) in [6, 6.07) is 2.77. The minimum Gasteiger partial charge on any atom is -0.319 e. The number of anilines is 1. The molecular formula is C15H7Cl3F3N5O. The summed E-state index contributed by atoms with van der Waals surface area (Å²) in [5.41, 5.74) is -1.28. The van der Waals surface area contributed by atoms with Gasteiger partial charge in [0, 0.05) is 6.20 Å². The van der Waals surface area contributed by atoms with E-state index in [1.54, 1.807) is 0 Å². The van der Waals surface area contributed by atoms with E-state index in [1.807, 2.05) is 0 Å². The van der Waals surface area contributed by atoms with Gasteiger partial charge >= 0.3 is 6.18 Å². The van der Waals surface area contributed by atoms with E-state index in [1.165, 1.54) is 17.3 Å². The van der Waals surface area contributed by atoms with Crippen LogP contribution in [0.2, 0.25) is 15.1 Å². The molecule has 2 heterocycles. The first-order chi connectivity index (χ1) is 12.7. The van der Waals surface area contributed by atoms with Gasteiger partial charge in [0.1, 0.15) is 18.3 Å². The molecule has 0 bridgehead atoms. The van der Waals surface area contributed by atoms with Crippen molar-refractivity contribution < 1.29 is 18.0 Å². The summed E-state index contributed by atoms with van der Waals surface area (Å²) in [5.74, 6) is -0.876. The van der Waals surface area contributed by atoms with Gasteiger partial charge in [0.05, 0.1) is 32.0 Å². The van der Waals surface area contributed by atoms with Crippen LogP contribution in [0.4, 0.5) is 18.9 Å². The quantitative estimate of drug-likeness (QED) is 0.634. The number of carbonyl (C=O) groups is 1. The van der Waals surface area contributed by atoms with E-state index in [0.29, 0.717) is 0 Å². The van der Waals surface area contributed by atoms with Crippen LogP contribution in [-0.2, 0) is 6.18 Å². The first-order valence-corrected chi connectivity index (χ1v) is 8.19. The number of carbonyl (C=O) groups excluding carboxylic acids is 1. The van der Waals surface area contributed by atoms with Gasteiger partial charge in [-0.05, 0) is 18.2 Å². The first kappa shape index (κ1) is 19.4. The molecule has 0 aliphatic carbocycles. The minimum atomic E-state index is -4.61. The summed E-state index contributed by atoms with van der Waals surface area (Å²) in [6.45, 7) is 0. The van der Waals surface area contributed by atoms with Crippen molar-refractivity contribution in [2.24, 2.45) is 0 Å². The van der Waals surface area contributed by atoms with Crippen LogP contribution in [0.3, 0.4) is 0 Å². The molecule has 0 saturated carbocycles. The molecule has 0 spiro atoms. The van der Waals surface area contributed by atoms with E-state index in [9.17, 15) is 18.0 Å². The van der Waals surface area contributed by atoms with Gasteiger partial charge in [-0.1, -0.05) is 34.8 Å². The molecular weight excluding hydrogens is 430 g/mol. The van der Waals surface area contributed by atoms with Crippen molar-refractivity contribution in [1.82, 2.24) is 19.7 Å². The summed E-state index contributed by atoms with van der Waals surface area (Å²) < 4.78 is 40.3. The smallest absolute Gasteiger partial charge is 0.319 e. The molecule has 6 nitrogen and oxygen atoms in total.